The average molecular weight is 298 g/mol. The molecule has 1 fully saturated rings. The van der Waals surface area contributed by atoms with Gasteiger partial charge in [-0.1, -0.05) is 6.07 Å². The molecule has 2 unspecified atom stereocenters. The van der Waals surface area contributed by atoms with Crippen LogP contribution in [0.1, 0.15) is 11.3 Å². The van der Waals surface area contributed by atoms with Crippen molar-refractivity contribution in [3.05, 3.63) is 22.4 Å². The van der Waals surface area contributed by atoms with E-state index < -0.39 is 29.6 Å². The predicted molar refractivity (Wildman–Crippen MR) is 69.0 cm³/mol. The predicted octanol–water partition coefficient (Wildman–Crippen LogP) is 0.938. The van der Waals surface area contributed by atoms with Crippen LogP contribution in [-0.4, -0.2) is 37.4 Å². The molecule has 2 rings (SSSR count). The molecule has 0 aromatic carbocycles. The van der Waals surface area contributed by atoms with Crippen LogP contribution < -0.4 is 0 Å². The van der Waals surface area contributed by atoms with Crippen molar-refractivity contribution in [1.82, 2.24) is 0 Å². The molecule has 1 aliphatic heterocycles. The molecule has 7 heteroatoms. The van der Waals surface area contributed by atoms with E-state index >= 15 is 0 Å². The SMILES string of the molecule is COOCCC1OC(=O)C(C(=O)Cc2cccs2)C1=O. The Labute approximate surface area is 119 Å². The van der Waals surface area contributed by atoms with Crippen molar-refractivity contribution in [2.45, 2.75) is 18.9 Å². The molecule has 20 heavy (non-hydrogen) atoms. The molecular weight excluding hydrogens is 284 g/mol. The van der Waals surface area contributed by atoms with E-state index in [1.165, 1.54) is 18.4 Å². The van der Waals surface area contributed by atoms with Gasteiger partial charge in [0, 0.05) is 17.7 Å². The first-order valence-electron chi connectivity index (χ1n) is 6.08. The Morgan fingerprint density at radius 1 is 1.45 bits per heavy atom. The largest absolute Gasteiger partial charge is 0.453 e. The van der Waals surface area contributed by atoms with Crippen LogP contribution in [0.25, 0.3) is 0 Å². The van der Waals surface area contributed by atoms with Crippen LogP contribution in [0.2, 0.25) is 0 Å². The van der Waals surface area contributed by atoms with Gasteiger partial charge < -0.3 is 4.74 Å². The average Bonchev–Trinajstić information content (AvgIpc) is 2.99. The lowest BCUT2D eigenvalue weighted by Gasteiger charge is -2.06. The molecular formula is C13H14O6S. The highest BCUT2D eigenvalue weighted by Crippen LogP contribution is 2.23. The van der Waals surface area contributed by atoms with Crippen molar-refractivity contribution < 1.29 is 28.9 Å². The number of Topliss-reactive ketones (excluding diaryl/α,β-unsaturated/α-hetero) is 2. The molecule has 1 aromatic heterocycles. The summed E-state index contributed by atoms with van der Waals surface area (Å²) in [5.74, 6) is -2.97. The first-order chi connectivity index (χ1) is 9.63. The summed E-state index contributed by atoms with van der Waals surface area (Å²) < 4.78 is 4.93. The number of carbonyl (C=O) groups is 3. The molecule has 0 N–H and O–H groups in total. The van der Waals surface area contributed by atoms with E-state index in [-0.39, 0.29) is 19.4 Å². The Morgan fingerprint density at radius 3 is 2.90 bits per heavy atom. The lowest BCUT2D eigenvalue weighted by Crippen LogP contribution is -2.29. The second-order valence-electron chi connectivity index (χ2n) is 4.26. The molecule has 1 aromatic rings. The zero-order chi connectivity index (χ0) is 14.5. The van der Waals surface area contributed by atoms with E-state index in [2.05, 4.69) is 9.78 Å². The van der Waals surface area contributed by atoms with E-state index in [1.807, 2.05) is 11.4 Å². The summed E-state index contributed by atoms with van der Waals surface area (Å²) in [5.41, 5.74) is 0. The number of ether oxygens (including phenoxy) is 1. The number of ketones is 2. The smallest absolute Gasteiger partial charge is 0.325 e. The summed E-state index contributed by atoms with van der Waals surface area (Å²) in [6.07, 6.45) is -0.666. The summed E-state index contributed by atoms with van der Waals surface area (Å²) in [6.45, 7) is 0.117. The summed E-state index contributed by atoms with van der Waals surface area (Å²) in [6, 6.07) is 3.60. The monoisotopic (exact) mass is 298 g/mol. The molecule has 0 amide bonds. The van der Waals surface area contributed by atoms with Gasteiger partial charge in [0.25, 0.3) is 0 Å². The minimum atomic E-state index is -1.30. The number of thiophene rings is 1. The van der Waals surface area contributed by atoms with Crippen molar-refractivity contribution in [3.63, 3.8) is 0 Å². The van der Waals surface area contributed by atoms with Gasteiger partial charge in [-0.25, -0.2) is 9.78 Å². The molecule has 0 spiro atoms. The van der Waals surface area contributed by atoms with Crippen LogP contribution in [0, 0.1) is 5.92 Å². The van der Waals surface area contributed by atoms with E-state index in [1.54, 1.807) is 6.07 Å². The van der Waals surface area contributed by atoms with Crippen LogP contribution in [0.5, 0.6) is 0 Å². The normalized spacial score (nSPS) is 22.1. The number of hydrogen-bond donors (Lipinski definition) is 0. The summed E-state index contributed by atoms with van der Waals surface area (Å²) in [5, 5.41) is 1.84. The van der Waals surface area contributed by atoms with Crippen molar-refractivity contribution in [2.75, 3.05) is 13.7 Å². The van der Waals surface area contributed by atoms with Gasteiger partial charge in [-0.3, -0.25) is 14.4 Å². The fourth-order valence-corrected chi connectivity index (χ4v) is 2.70. The number of rotatable bonds is 7. The second kappa shape index (κ2) is 6.74. The molecule has 2 heterocycles. The number of esters is 1. The third-order valence-corrected chi connectivity index (χ3v) is 3.80. The molecule has 1 aliphatic rings. The standard InChI is InChI=1S/C13H14O6S/c1-17-18-5-4-10-12(15)11(13(16)19-10)9(14)7-8-3-2-6-20-8/h2-3,6,10-11H,4-5,7H2,1H3. The quantitative estimate of drug-likeness (QED) is 0.245. The Hall–Kier alpha value is -1.57. The third kappa shape index (κ3) is 3.30. The summed E-state index contributed by atoms with van der Waals surface area (Å²) in [7, 11) is 1.34. The first-order valence-corrected chi connectivity index (χ1v) is 6.96. The molecule has 0 bridgehead atoms. The lowest BCUT2D eigenvalue weighted by molar-refractivity contribution is -0.274. The Balaban J connectivity index is 1.96. The van der Waals surface area contributed by atoms with Gasteiger partial charge >= 0.3 is 5.97 Å². The van der Waals surface area contributed by atoms with Gasteiger partial charge in [0.1, 0.15) is 0 Å². The van der Waals surface area contributed by atoms with E-state index in [4.69, 9.17) is 4.74 Å². The van der Waals surface area contributed by atoms with Crippen LogP contribution in [0.15, 0.2) is 17.5 Å². The molecule has 0 saturated carbocycles. The molecule has 0 radical (unpaired) electrons. The maximum absolute atomic E-state index is 12.0. The van der Waals surface area contributed by atoms with E-state index in [0.717, 1.165) is 4.88 Å². The van der Waals surface area contributed by atoms with Crippen molar-refractivity contribution in [3.8, 4) is 0 Å². The minimum absolute atomic E-state index is 0.0739. The lowest BCUT2D eigenvalue weighted by atomic mass is 9.95. The Kier molecular flexibility index (Phi) is 4.99. The first kappa shape index (κ1) is 14.8. The highest BCUT2D eigenvalue weighted by atomic mass is 32.1. The van der Waals surface area contributed by atoms with Gasteiger partial charge in [-0.05, 0) is 11.4 Å². The van der Waals surface area contributed by atoms with E-state index in [0.29, 0.717) is 0 Å². The molecule has 2 atom stereocenters. The number of cyclic esters (lactones) is 1. The van der Waals surface area contributed by atoms with Crippen molar-refractivity contribution in [1.29, 1.82) is 0 Å². The highest BCUT2D eigenvalue weighted by Gasteiger charge is 2.47. The zero-order valence-corrected chi connectivity index (χ0v) is 11.7. The van der Waals surface area contributed by atoms with E-state index in [9.17, 15) is 14.4 Å². The zero-order valence-electron chi connectivity index (χ0n) is 10.9. The third-order valence-electron chi connectivity index (χ3n) is 2.93. The van der Waals surface area contributed by atoms with Gasteiger partial charge in [-0.2, -0.15) is 0 Å². The van der Waals surface area contributed by atoms with Gasteiger partial charge in [0.15, 0.2) is 23.6 Å². The number of hydrogen-bond acceptors (Lipinski definition) is 7. The fourth-order valence-electron chi connectivity index (χ4n) is 1.99. The highest BCUT2D eigenvalue weighted by molar-refractivity contribution is 7.10. The summed E-state index contributed by atoms with van der Waals surface area (Å²) >= 11 is 1.41. The molecule has 0 aliphatic carbocycles. The van der Waals surface area contributed by atoms with Crippen LogP contribution in [0.3, 0.4) is 0 Å². The summed E-state index contributed by atoms with van der Waals surface area (Å²) in [4.78, 5) is 45.6. The second-order valence-corrected chi connectivity index (χ2v) is 5.29. The van der Waals surface area contributed by atoms with Crippen LogP contribution >= 0.6 is 11.3 Å². The topological polar surface area (TPSA) is 78.9 Å². The van der Waals surface area contributed by atoms with Crippen molar-refractivity contribution >= 4 is 28.9 Å². The Bertz CT molecular complexity index is 495. The number of carbonyl (C=O) groups excluding carboxylic acids is 3. The minimum Gasteiger partial charge on any atom is -0.453 e. The molecule has 108 valence electrons. The Morgan fingerprint density at radius 2 is 2.25 bits per heavy atom. The van der Waals surface area contributed by atoms with Gasteiger partial charge in [-0.15, -0.1) is 11.3 Å². The van der Waals surface area contributed by atoms with Crippen molar-refractivity contribution in [2.24, 2.45) is 5.92 Å². The fraction of sp³-hybridized carbons (Fsp3) is 0.462. The molecule has 6 nitrogen and oxygen atoms in total. The van der Waals surface area contributed by atoms with Gasteiger partial charge in [0.05, 0.1) is 13.7 Å². The van der Waals surface area contributed by atoms with Gasteiger partial charge in [0.2, 0.25) is 0 Å². The van der Waals surface area contributed by atoms with Crippen LogP contribution in [0.4, 0.5) is 0 Å². The molecule has 1 saturated heterocycles. The van der Waals surface area contributed by atoms with Crippen LogP contribution in [-0.2, 0) is 35.3 Å². The maximum atomic E-state index is 12.0. The maximum Gasteiger partial charge on any atom is 0.325 e.